The summed E-state index contributed by atoms with van der Waals surface area (Å²) in [4.78, 5) is 20.4. The summed E-state index contributed by atoms with van der Waals surface area (Å²) in [5.41, 5.74) is 0.797. The van der Waals surface area contributed by atoms with Crippen molar-refractivity contribution in [1.29, 1.82) is 0 Å². The summed E-state index contributed by atoms with van der Waals surface area (Å²) in [7, 11) is 0. The number of halogens is 2. The number of nitrogens with one attached hydrogen (secondary N) is 2. The van der Waals surface area contributed by atoms with Crippen molar-refractivity contribution in [3.63, 3.8) is 0 Å². The van der Waals surface area contributed by atoms with Gasteiger partial charge in [-0.05, 0) is 24.6 Å². The molecule has 2 rings (SSSR count). The van der Waals surface area contributed by atoms with Gasteiger partial charge in [-0.15, -0.1) is 0 Å². The van der Waals surface area contributed by atoms with Gasteiger partial charge in [0.1, 0.15) is 0 Å². The Morgan fingerprint density at radius 2 is 1.91 bits per heavy atom. The standard InChI is InChI=1S/C16H18Cl2N4O/c1-2-3-4-7-19-16-20-9-11(10-21-16)15(23)22-14-8-12(17)5-6-13(14)18/h5-6,8-10H,2-4,7H2,1H3,(H,22,23)(H,19,20,21). The molecule has 0 saturated carbocycles. The first-order valence-corrected chi connectivity index (χ1v) is 8.18. The van der Waals surface area contributed by atoms with Crippen molar-refractivity contribution < 1.29 is 4.79 Å². The molecule has 0 aliphatic heterocycles. The van der Waals surface area contributed by atoms with Crippen LogP contribution in [0.1, 0.15) is 36.5 Å². The number of carbonyl (C=O) groups excluding carboxylic acids is 1. The van der Waals surface area contributed by atoms with E-state index < -0.39 is 0 Å². The van der Waals surface area contributed by atoms with E-state index in [4.69, 9.17) is 23.2 Å². The molecule has 0 saturated heterocycles. The maximum absolute atomic E-state index is 12.2. The fourth-order valence-electron chi connectivity index (χ4n) is 1.90. The first kappa shape index (κ1) is 17.5. The molecule has 2 aromatic rings. The van der Waals surface area contributed by atoms with Gasteiger partial charge in [-0.2, -0.15) is 0 Å². The first-order valence-electron chi connectivity index (χ1n) is 7.42. The van der Waals surface area contributed by atoms with Crippen LogP contribution in [0.25, 0.3) is 0 Å². The minimum Gasteiger partial charge on any atom is -0.354 e. The molecule has 0 unspecified atom stereocenters. The molecule has 2 N–H and O–H groups in total. The highest BCUT2D eigenvalue weighted by molar-refractivity contribution is 6.35. The maximum atomic E-state index is 12.2. The van der Waals surface area contributed by atoms with Crippen molar-refractivity contribution in [3.05, 3.63) is 46.2 Å². The first-order chi connectivity index (χ1) is 11.1. The molecule has 1 heterocycles. The van der Waals surface area contributed by atoms with Crippen molar-refractivity contribution in [2.24, 2.45) is 0 Å². The van der Waals surface area contributed by atoms with Crippen LogP contribution in [0.15, 0.2) is 30.6 Å². The van der Waals surface area contributed by atoms with E-state index in [1.807, 2.05) is 0 Å². The van der Waals surface area contributed by atoms with E-state index in [1.54, 1.807) is 18.2 Å². The zero-order chi connectivity index (χ0) is 16.7. The van der Waals surface area contributed by atoms with Crippen LogP contribution in [0.5, 0.6) is 0 Å². The largest absolute Gasteiger partial charge is 0.354 e. The summed E-state index contributed by atoms with van der Waals surface area (Å²) in [6.07, 6.45) is 6.34. The SMILES string of the molecule is CCCCCNc1ncc(C(=O)Nc2cc(Cl)ccc2Cl)cn1. The average molecular weight is 353 g/mol. The Kier molecular flexibility index (Phi) is 6.62. The molecule has 5 nitrogen and oxygen atoms in total. The second kappa shape index (κ2) is 8.70. The van der Waals surface area contributed by atoms with Crippen LogP contribution in [-0.4, -0.2) is 22.4 Å². The number of nitrogens with zero attached hydrogens (tertiary/aromatic N) is 2. The van der Waals surface area contributed by atoms with Gasteiger partial charge in [-0.1, -0.05) is 43.0 Å². The lowest BCUT2D eigenvalue weighted by molar-refractivity contribution is 0.102. The van der Waals surface area contributed by atoms with Gasteiger partial charge in [0.25, 0.3) is 5.91 Å². The second-order valence-electron chi connectivity index (χ2n) is 5.01. The van der Waals surface area contributed by atoms with Gasteiger partial charge in [-0.3, -0.25) is 4.79 Å². The molecule has 1 aromatic carbocycles. The lowest BCUT2D eigenvalue weighted by Gasteiger charge is -2.08. The highest BCUT2D eigenvalue weighted by Crippen LogP contribution is 2.25. The number of amides is 1. The van der Waals surface area contributed by atoms with Crippen molar-refractivity contribution in [1.82, 2.24) is 9.97 Å². The van der Waals surface area contributed by atoms with E-state index in [0.717, 1.165) is 25.8 Å². The van der Waals surface area contributed by atoms with Crippen LogP contribution in [0.3, 0.4) is 0 Å². The lowest BCUT2D eigenvalue weighted by Crippen LogP contribution is -2.14. The van der Waals surface area contributed by atoms with Gasteiger partial charge in [-0.25, -0.2) is 9.97 Å². The molecule has 0 aliphatic carbocycles. The summed E-state index contributed by atoms with van der Waals surface area (Å²) in [6, 6.07) is 4.87. The molecular formula is C16H18Cl2N4O. The third-order valence-electron chi connectivity index (χ3n) is 3.15. The highest BCUT2D eigenvalue weighted by Gasteiger charge is 2.10. The molecule has 0 fully saturated rings. The molecule has 0 aliphatic rings. The van der Waals surface area contributed by atoms with Crippen LogP contribution >= 0.6 is 23.2 Å². The zero-order valence-corrected chi connectivity index (χ0v) is 14.3. The minimum absolute atomic E-state index is 0.341. The number of anilines is 2. The smallest absolute Gasteiger partial charge is 0.258 e. The fourth-order valence-corrected chi connectivity index (χ4v) is 2.24. The number of carbonyl (C=O) groups is 1. The van der Waals surface area contributed by atoms with Gasteiger partial charge in [0.15, 0.2) is 0 Å². The molecule has 1 amide bonds. The van der Waals surface area contributed by atoms with Crippen LogP contribution in [0.4, 0.5) is 11.6 Å². The van der Waals surface area contributed by atoms with Crippen LogP contribution < -0.4 is 10.6 Å². The Bertz CT molecular complexity index is 662. The molecule has 0 atom stereocenters. The van der Waals surface area contributed by atoms with E-state index in [2.05, 4.69) is 27.5 Å². The normalized spacial score (nSPS) is 10.4. The average Bonchev–Trinajstić information content (AvgIpc) is 2.55. The maximum Gasteiger partial charge on any atom is 0.258 e. The van der Waals surface area contributed by atoms with Crippen molar-refractivity contribution in [2.75, 3.05) is 17.2 Å². The summed E-state index contributed by atoms with van der Waals surface area (Å²) in [6.45, 7) is 2.97. The third-order valence-corrected chi connectivity index (χ3v) is 3.72. The number of benzene rings is 1. The Morgan fingerprint density at radius 3 is 2.61 bits per heavy atom. The van der Waals surface area contributed by atoms with Gasteiger partial charge < -0.3 is 10.6 Å². The minimum atomic E-state index is -0.341. The van der Waals surface area contributed by atoms with Crippen LogP contribution in [0, 0.1) is 0 Å². The predicted octanol–water partition coefficient (Wildman–Crippen LogP) is 4.64. The third kappa shape index (κ3) is 5.37. The molecule has 23 heavy (non-hydrogen) atoms. The monoisotopic (exact) mass is 352 g/mol. The predicted molar refractivity (Wildman–Crippen MR) is 94.5 cm³/mol. The molecule has 7 heteroatoms. The molecule has 0 bridgehead atoms. The Labute approximate surface area is 145 Å². The summed E-state index contributed by atoms with van der Waals surface area (Å²) >= 11 is 11.9. The second-order valence-corrected chi connectivity index (χ2v) is 5.85. The lowest BCUT2D eigenvalue weighted by atomic mass is 10.2. The molecule has 0 radical (unpaired) electrons. The topological polar surface area (TPSA) is 66.9 Å². The van der Waals surface area contributed by atoms with Crippen molar-refractivity contribution in [3.8, 4) is 0 Å². The molecule has 122 valence electrons. The van der Waals surface area contributed by atoms with E-state index in [9.17, 15) is 4.79 Å². The van der Waals surface area contributed by atoms with E-state index in [-0.39, 0.29) is 5.91 Å². The van der Waals surface area contributed by atoms with Gasteiger partial charge in [0, 0.05) is 24.0 Å². The van der Waals surface area contributed by atoms with Gasteiger partial charge in [0.05, 0.1) is 16.3 Å². The number of rotatable bonds is 7. The molecule has 1 aromatic heterocycles. The Morgan fingerprint density at radius 1 is 1.17 bits per heavy atom. The van der Waals surface area contributed by atoms with E-state index in [1.165, 1.54) is 12.4 Å². The quantitative estimate of drug-likeness (QED) is 0.712. The fraction of sp³-hybridized carbons (Fsp3) is 0.312. The van der Waals surface area contributed by atoms with Crippen molar-refractivity contribution in [2.45, 2.75) is 26.2 Å². The van der Waals surface area contributed by atoms with Gasteiger partial charge in [0.2, 0.25) is 5.95 Å². The van der Waals surface area contributed by atoms with E-state index in [0.29, 0.717) is 27.2 Å². The number of hydrogen-bond acceptors (Lipinski definition) is 4. The number of hydrogen-bond donors (Lipinski definition) is 2. The Balaban J connectivity index is 1.96. The van der Waals surface area contributed by atoms with Gasteiger partial charge >= 0.3 is 0 Å². The molecule has 0 spiro atoms. The summed E-state index contributed by atoms with van der Waals surface area (Å²) < 4.78 is 0. The number of unbranched alkanes of at least 4 members (excludes halogenated alkanes) is 2. The van der Waals surface area contributed by atoms with Crippen LogP contribution in [0.2, 0.25) is 10.0 Å². The zero-order valence-electron chi connectivity index (χ0n) is 12.8. The van der Waals surface area contributed by atoms with E-state index >= 15 is 0 Å². The van der Waals surface area contributed by atoms with Crippen LogP contribution in [-0.2, 0) is 0 Å². The van der Waals surface area contributed by atoms with Crippen molar-refractivity contribution >= 4 is 40.7 Å². The Hall–Kier alpha value is -1.85. The highest BCUT2D eigenvalue weighted by atomic mass is 35.5. The summed E-state index contributed by atoms with van der Waals surface area (Å²) in [5, 5.41) is 6.72. The number of aromatic nitrogens is 2. The summed E-state index contributed by atoms with van der Waals surface area (Å²) in [5.74, 6) is 0.171. The molecular weight excluding hydrogens is 335 g/mol.